The number of hydrogen-bond donors (Lipinski definition) is 2. The van der Waals surface area contributed by atoms with Crippen molar-refractivity contribution in [2.75, 3.05) is 62.3 Å². The first-order valence-electron chi connectivity index (χ1n) is 13.0. The molecule has 0 aliphatic carbocycles. The molecule has 2 N–H and O–H groups in total. The van der Waals surface area contributed by atoms with Crippen LogP contribution in [0.3, 0.4) is 0 Å². The monoisotopic (exact) mass is 572 g/mol. The third-order valence-corrected chi connectivity index (χ3v) is 8.81. The molecule has 2 saturated heterocycles. The van der Waals surface area contributed by atoms with Gasteiger partial charge in [0.2, 0.25) is 11.8 Å². The maximum atomic E-state index is 12.8. The van der Waals surface area contributed by atoms with Gasteiger partial charge in [-0.25, -0.2) is 4.98 Å². The van der Waals surface area contributed by atoms with Gasteiger partial charge in [-0.1, -0.05) is 30.7 Å². The number of pyridine rings is 1. The smallest absolute Gasteiger partial charge is 0.239 e. The number of benzene rings is 1. The Morgan fingerprint density at radius 2 is 1.82 bits per heavy atom. The van der Waals surface area contributed by atoms with Crippen molar-refractivity contribution in [3.8, 4) is 5.88 Å². The summed E-state index contributed by atoms with van der Waals surface area (Å²) in [6.07, 6.45) is 3.90. The molecule has 0 radical (unpaired) electrons. The van der Waals surface area contributed by atoms with Crippen molar-refractivity contribution < 1.29 is 18.8 Å². The average molecular weight is 573 g/mol. The minimum atomic E-state index is -2.53. The summed E-state index contributed by atoms with van der Waals surface area (Å²) in [4.78, 5) is 16.1. The molecule has 0 amide bonds. The van der Waals surface area contributed by atoms with Gasteiger partial charge in [-0.05, 0) is 43.5 Å². The van der Waals surface area contributed by atoms with Gasteiger partial charge in [0.05, 0.1) is 32.2 Å². The number of aromatic nitrogens is 3. The third kappa shape index (κ3) is 5.99. The molecule has 1 spiro atoms. The highest BCUT2D eigenvalue weighted by Crippen LogP contribution is 2.39. The van der Waals surface area contributed by atoms with Crippen LogP contribution < -0.4 is 25.6 Å². The van der Waals surface area contributed by atoms with Crippen LogP contribution in [0, 0.1) is 0 Å². The molecule has 2 aliphatic heterocycles. The predicted octanol–water partition coefficient (Wildman–Crippen LogP) is 5.17. The van der Waals surface area contributed by atoms with Gasteiger partial charge >= 0.3 is 0 Å². The molecule has 0 atom stereocenters. The Morgan fingerprint density at radius 1 is 1.10 bits per heavy atom. The second-order valence-corrected chi connectivity index (χ2v) is 13.6. The Labute approximate surface area is 233 Å². The van der Waals surface area contributed by atoms with E-state index in [0.29, 0.717) is 47.3 Å². The molecule has 2 aromatic heterocycles. The van der Waals surface area contributed by atoms with Gasteiger partial charge in [-0.2, -0.15) is 9.97 Å². The third-order valence-electron chi connectivity index (χ3n) is 6.98. The molecular weight excluding hydrogens is 539 g/mol. The fourth-order valence-corrected chi connectivity index (χ4v) is 6.26. The van der Waals surface area contributed by atoms with Gasteiger partial charge in [0.1, 0.15) is 23.7 Å². The van der Waals surface area contributed by atoms with Crippen LogP contribution in [0.5, 0.6) is 5.88 Å². The summed E-state index contributed by atoms with van der Waals surface area (Å²) in [5.41, 5.74) is 2.41. The molecule has 39 heavy (non-hydrogen) atoms. The van der Waals surface area contributed by atoms with Crippen molar-refractivity contribution in [1.29, 1.82) is 0 Å². The number of anilines is 5. The maximum absolute atomic E-state index is 12.8. The summed E-state index contributed by atoms with van der Waals surface area (Å²) >= 11 is 6.43. The van der Waals surface area contributed by atoms with Crippen LogP contribution in [0.2, 0.25) is 5.02 Å². The number of halogens is 1. The van der Waals surface area contributed by atoms with Crippen LogP contribution in [-0.4, -0.2) is 67.5 Å². The number of nitrogens with one attached hydrogen (secondary N) is 2. The van der Waals surface area contributed by atoms with Crippen molar-refractivity contribution in [2.45, 2.75) is 32.0 Å². The standard InChI is InChI=1S/C27H34ClN6O4P/c1-5-18-16-21(25(36-2)33-24(18)34-12-10-27(11-13-34)37-14-15-38-27)31-26-29-17-19(28)23(32-26)30-20-8-6-7-9-22(20)39(3,4)35/h6-9,16-17H,5,10-15H2,1-4H3,(H2,29,30,31,32). The van der Waals surface area contributed by atoms with Gasteiger partial charge in [0.25, 0.3) is 0 Å². The maximum Gasteiger partial charge on any atom is 0.239 e. The zero-order valence-corrected chi connectivity index (χ0v) is 24.3. The van der Waals surface area contributed by atoms with Crippen LogP contribution >= 0.6 is 18.7 Å². The number of piperidine rings is 1. The number of methoxy groups -OCH3 is 1. The molecule has 1 aromatic carbocycles. The highest BCUT2D eigenvalue weighted by Gasteiger charge is 2.40. The van der Waals surface area contributed by atoms with Crippen LogP contribution in [0.25, 0.3) is 0 Å². The molecule has 4 heterocycles. The normalized spacial score (nSPS) is 16.9. The molecule has 12 heteroatoms. The van der Waals surface area contributed by atoms with Gasteiger partial charge < -0.3 is 34.3 Å². The van der Waals surface area contributed by atoms with Gasteiger partial charge in [0.15, 0.2) is 11.6 Å². The number of para-hydroxylation sites is 1. The summed E-state index contributed by atoms with van der Waals surface area (Å²) in [5.74, 6) is 1.60. The van der Waals surface area contributed by atoms with Crippen LogP contribution in [0.1, 0.15) is 25.3 Å². The Kier molecular flexibility index (Phi) is 8.01. The first kappa shape index (κ1) is 27.6. The molecule has 5 rings (SSSR count). The summed E-state index contributed by atoms with van der Waals surface area (Å²) < 4.78 is 30.2. The molecule has 10 nitrogen and oxygen atoms in total. The van der Waals surface area contributed by atoms with E-state index in [-0.39, 0.29) is 0 Å². The lowest BCUT2D eigenvalue weighted by molar-refractivity contribution is -0.169. The van der Waals surface area contributed by atoms with E-state index in [1.807, 2.05) is 30.3 Å². The Balaban J connectivity index is 1.39. The fourth-order valence-electron chi connectivity index (χ4n) is 4.96. The van der Waals surface area contributed by atoms with Crippen molar-refractivity contribution in [3.05, 3.63) is 47.1 Å². The molecule has 2 aliphatic rings. The first-order chi connectivity index (χ1) is 18.7. The number of ether oxygens (including phenoxy) is 3. The lowest BCUT2D eigenvalue weighted by Crippen LogP contribution is -2.45. The molecule has 0 unspecified atom stereocenters. The highest BCUT2D eigenvalue weighted by atomic mass is 35.5. The molecule has 3 aromatic rings. The van der Waals surface area contributed by atoms with E-state index in [4.69, 9.17) is 30.8 Å². The summed E-state index contributed by atoms with van der Waals surface area (Å²) in [7, 11) is -0.934. The SMILES string of the molecule is CCc1cc(Nc2ncc(Cl)c(Nc3ccccc3P(C)(C)=O)n2)c(OC)nc1N1CCC2(CC1)OCCO2. The number of nitrogens with zero attached hydrogens (tertiary/aromatic N) is 4. The second-order valence-electron chi connectivity index (χ2n) is 9.98. The minimum Gasteiger partial charge on any atom is -0.479 e. The fraction of sp³-hybridized carbons (Fsp3) is 0.444. The van der Waals surface area contributed by atoms with E-state index in [1.165, 1.54) is 6.20 Å². The van der Waals surface area contributed by atoms with E-state index in [2.05, 4.69) is 32.4 Å². The Bertz CT molecular complexity index is 1380. The van der Waals surface area contributed by atoms with Gasteiger partial charge in [-0.3, -0.25) is 0 Å². The zero-order chi connectivity index (χ0) is 27.6. The van der Waals surface area contributed by atoms with Crippen LogP contribution in [-0.2, 0) is 20.5 Å². The quantitative estimate of drug-likeness (QED) is 0.350. The highest BCUT2D eigenvalue weighted by molar-refractivity contribution is 7.70. The second kappa shape index (κ2) is 11.3. The van der Waals surface area contributed by atoms with E-state index in [9.17, 15) is 4.57 Å². The first-order valence-corrected chi connectivity index (χ1v) is 16.0. The topological polar surface area (TPSA) is 111 Å². The summed E-state index contributed by atoms with van der Waals surface area (Å²) in [5, 5.41) is 7.53. The Morgan fingerprint density at radius 3 is 2.49 bits per heavy atom. The lowest BCUT2D eigenvalue weighted by atomic mass is 10.0. The number of hydrogen-bond acceptors (Lipinski definition) is 10. The van der Waals surface area contributed by atoms with E-state index >= 15 is 0 Å². The van der Waals surface area contributed by atoms with E-state index in [1.54, 1.807) is 20.4 Å². The van der Waals surface area contributed by atoms with Crippen molar-refractivity contribution in [1.82, 2.24) is 15.0 Å². The van der Waals surface area contributed by atoms with Crippen molar-refractivity contribution in [3.63, 3.8) is 0 Å². The van der Waals surface area contributed by atoms with Crippen LogP contribution in [0.4, 0.5) is 29.0 Å². The van der Waals surface area contributed by atoms with Crippen molar-refractivity contribution in [2.24, 2.45) is 0 Å². The van der Waals surface area contributed by atoms with E-state index in [0.717, 1.165) is 49.0 Å². The molecule has 0 bridgehead atoms. The largest absolute Gasteiger partial charge is 0.479 e. The van der Waals surface area contributed by atoms with E-state index < -0.39 is 12.9 Å². The Hall–Kier alpha value is -2.91. The number of rotatable bonds is 8. The molecule has 2 fully saturated rings. The average Bonchev–Trinajstić information content (AvgIpc) is 3.38. The summed E-state index contributed by atoms with van der Waals surface area (Å²) in [6.45, 7) is 8.44. The zero-order valence-electron chi connectivity index (χ0n) is 22.7. The molecule has 208 valence electrons. The lowest BCUT2D eigenvalue weighted by Gasteiger charge is -2.38. The summed E-state index contributed by atoms with van der Waals surface area (Å²) in [6, 6.07) is 9.46. The van der Waals surface area contributed by atoms with Gasteiger partial charge in [0, 0.05) is 31.2 Å². The van der Waals surface area contributed by atoms with Crippen LogP contribution in [0.15, 0.2) is 36.5 Å². The molecular formula is C27H34ClN6O4P. The van der Waals surface area contributed by atoms with Gasteiger partial charge in [-0.15, -0.1) is 0 Å². The number of aryl methyl sites for hydroxylation is 1. The molecule has 0 saturated carbocycles. The van der Waals surface area contributed by atoms with Crippen molar-refractivity contribution >= 4 is 53.0 Å². The minimum absolute atomic E-state index is 0.320. The predicted molar refractivity (Wildman–Crippen MR) is 155 cm³/mol.